The zero-order valence-electron chi connectivity index (χ0n) is 14.9. The van der Waals surface area contributed by atoms with Crippen molar-refractivity contribution in [3.8, 4) is 6.07 Å². The highest BCUT2D eigenvalue weighted by molar-refractivity contribution is 7.08. The quantitative estimate of drug-likeness (QED) is 0.873. The number of nitrogens with one attached hydrogen (secondary N) is 1. The molecule has 136 valence electrons. The van der Waals surface area contributed by atoms with Crippen LogP contribution in [0, 0.1) is 17.2 Å². The highest BCUT2D eigenvalue weighted by Crippen LogP contribution is 2.44. The molecule has 0 radical (unpaired) electrons. The molecule has 0 bridgehead atoms. The molecule has 2 heterocycles. The molecular formula is C19H23N5OS. The number of carbonyl (C=O) groups is 1. The van der Waals surface area contributed by atoms with Gasteiger partial charge < -0.3 is 5.32 Å². The molecule has 4 rings (SSSR count). The number of rotatable bonds is 5. The van der Waals surface area contributed by atoms with Crippen LogP contribution >= 0.6 is 11.3 Å². The highest BCUT2D eigenvalue weighted by Gasteiger charge is 2.48. The number of thiophene rings is 1. The first-order valence-corrected chi connectivity index (χ1v) is 10.2. The van der Waals surface area contributed by atoms with Gasteiger partial charge in [0.2, 0.25) is 0 Å². The second-order valence-corrected chi connectivity index (χ2v) is 8.48. The lowest BCUT2D eigenvalue weighted by molar-refractivity contribution is 0.0829. The summed E-state index contributed by atoms with van der Waals surface area (Å²) in [6.45, 7) is 2.06. The summed E-state index contributed by atoms with van der Waals surface area (Å²) >= 11 is 1.52. The second-order valence-electron chi connectivity index (χ2n) is 7.70. The zero-order valence-corrected chi connectivity index (χ0v) is 15.8. The van der Waals surface area contributed by atoms with Gasteiger partial charge in [0.1, 0.15) is 5.69 Å². The Morgan fingerprint density at radius 3 is 2.81 bits per heavy atom. The van der Waals surface area contributed by atoms with Crippen LogP contribution in [-0.4, -0.2) is 20.9 Å². The van der Waals surface area contributed by atoms with E-state index in [2.05, 4.69) is 28.6 Å². The Morgan fingerprint density at radius 2 is 2.19 bits per heavy atom. The van der Waals surface area contributed by atoms with E-state index < -0.39 is 11.1 Å². The van der Waals surface area contributed by atoms with Gasteiger partial charge in [-0.3, -0.25) is 4.79 Å². The summed E-state index contributed by atoms with van der Waals surface area (Å²) in [5.41, 5.74) is 0.328. The first-order valence-electron chi connectivity index (χ1n) is 9.27. The summed E-state index contributed by atoms with van der Waals surface area (Å²) in [6.07, 6.45) is 9.22. The van der Waals surface area contributed by atoms with Crippen molar-refractivity contribution in [2.24, 2.45) is 5.92 Å². The Morgan fingerprint density at radius 1 is 1.42 bits per heavy atom. The van der Waals surface area contributed by atoms with E-state index in [0.29, 0.717) is 11.5 Å². The SMILES string of the molecule is C[C@](NC(=O)c1ccsc1)(c1cn(C2(C#N)CC2)nn1)C1CCCCC1. The van der Waals surface area contributed by atoms with Crippen LogP contribution in [0.2, 0.25) is 0 Å². The smallest absolute Gasteiger partial charge is 0.252 e. The van der Waals surface area contributed by atoms with E-state index >= 15 is 0 Å². The maximum atomic E-state index is 12.8. The standard InChI is InChI=1S/C19H23N5OS/c1-18(15-5-3-2-4-6-15,21-17(25)14-7-10-26-12-14)16-11-24(23-22-16)19(13-20)8-9-19/h7,10-12,15H,2-6,8-9H2,1H3,(H,21,25)/t18-/m1/s1. The van der Waals surface area contributed by atoms with E-state index in [4.69, 9.17) is 0 Å². The van der Waals surface area contributed by atoms with E-state index in [1.54, 1.807) is 4.68 Å². The van der Waals surface area contributed by atoms with E-state index in [0.717, 1.165) is 31.4 Å². The lowest BCUT2D eigenvalue weighted by atomic mass is 9.74. The topological polar surface area (TPSA) is 83.6 Å². The molecule has 2 saturated carbocycles. The number of hydrogen-bond donors (Lipinski definition) is 1. The van der Waals surface area contributed by atoms with Crippen molar-refractivity contribution in [1.29, 1.82) is 5.26 Å². The van der Waals surface area contributed by atoms with Gasteiger partial charge in [0, 0.05) is 5.38 Å². The van der Waals surface area contributed by atoms with E-state index in [-0.39, 0.29) is 5.91 Å². The van der Waals surface area contributed by atoms with Crippen molar-refractivity contribution < 1.29 is 4.79 Å². The molecule has 2 aromatic heterocycles. The van der Waals surface area contributed by atoms with Gasteiger partial charge in [-0.05, 0) is 50.0 Å². The highest BCUT2D eigenvalue weighted by atomic mass is 32.1. The summed E-state index contributed by atoms with van der Waals surface area (Å²) in [7, 11) is 0. The molecule has 1 amide bonds. The van der Waals surface area contributed by atoms with Gasteiger partial charge in [-0.25, -0.2) is 4.68 Å². The molecule has 2 fully saturated rings. The summed E-state index contributed by atoms with van der Waals surface area (Å²) < 4.78 is 1.69. The molecule has 2 aliphatic carbocycles. The van der Waals surface area contributed by atoms with Crippen LogP contribution in [0.1, 0.15) is 67.9 Å². The van der Waals surface area contributed by atoms with Gasteiger partial charge in [-0.15, -0.1) is 5.10 Å². The molecular weight excluding hydrogens is 346 g/mol. The molecule has 2 aliphatic rings. The number of aromatic nitrogens is 3. The van der Waals surface area contributed by atoms with Crippen molar-refractivity contribution in [2.45, 2.75) is 62.9 Å². The van der Waals surface area contributed by atoms with Gasteiger partial charge in [0.05, 0.1) is 23.4 Å². The van der Waals surface area contributed by atoms with Crippen LogP contribution in [0.15, 0.2) is 23.0 Å². The van der Waals surface area contributed by atoms with Gasteiger partial charge in [0.25, 0.3) is 5.91 Å². The summed E-state index contributed by atoms with van der Waals surface area (Å²) in [4.78, 5) is 12.8. The lowest BCUT2D eigenvalue weighted by Crippen LogP contribution is -2.49. The van der Waals surface area contributed by atoms with Crippen molar-refractivity contribution in [1.82, 2.24) is 20.3 Å². The molecule has 0 aliphatic heterocycles. The molecule has 0 spiro atoms. The average molecular weight is 369 g/mol. The zero-order chi connectivity index (χ0) is 18.2. The monoisotopic (exact) mass is 369 g/mol. The molecule has 2 aromatic rings. The molecule has 7 heteroatoms. The third-order valence-corrected chi connectivity index (χ3v) is 6.66. The fraction of sp³-hybridized carbons (Fsp3) is 0.579. The van der Waals surface area contributed by atoms with Crippen LogP contribution in [0.4, 0.5) is 0 Å². The first-order chi connectivity index (χ1) is 12.6. The second kappa shape index (κ2) is 6.51. The number of amides is 1. The molecule has 6 nitrogen and oxygen atoms in total. The van der Waals surface area contributed by atoms with E-state index in [1.807, 2.05) is 23.0 Å². The lowest BCUT2D eigenvalue weighted by Gasteiger charge is -2.39. The maximum Gasteiger partial charge on any atom is 0.252 e. The van der Waals surface area contributed by atoms with Gasteiger partial charge in [-0.1, -0.05) is 24.5 Å². The van der Waals surface area contributed by atoms with E-state index in [1.165, 1.54) is 30.6 Å². The predicted octanol–water partition coefficient (Wildman–Crippen LogP) is 3.58. The number of hydrogen-bond acceptors (Lipinski definition) is 5. The minimum absolute atomic E-state index is 0.0738. The summed E-state index contributed by atoms with van der Waals surface area (Å²) in [5, 5.41) is 25.1. The van der Waals surface area contributed by atoms with Gasteiger partial charge in [-0.2, -0.15) is 16.6 Å². The summed E-state index contributed by atoms with van der Waals surface area (Å²) in [6, 6.07) is 4.19. The Balaban J connectivity index is 1.66. The molecule has 0 saturated heterocycles. The Hall–Kier alpha value is -2.20. The predicted molar refractivity (Wildman–Crippen MR) is 98.6 cm³/mol. The van der Waals surface area contributed by atoms with Gasteiger partial charge in [0.15, 0.2) is 5.54 Å². The fourth-order valence-electron chi connectivity index (χ4n) is 3.98. The first kappa shape index (κ1) is 17.2. The summed E-state index contributed by atoms with van der Waals surface area (Å²) in [5.74, 6) is 0.247. The average Bonchev–Trinajstić information content (AvgIpc) is 3.07. The fourth-order valence-corrected chi connectivity index (χ4v) is 4.61. The van der Waals surface area contributed by atoms with Crippen LogP contribution in [0.3, 0.4) is 0 Å². The number of nitrogens with zero attached hydrogens (tertiary/aromatic N) is 4. The van der Waals surface area contributed by atoms with Crippen molar-refractivity contribution in [2.75, 3.05) is 0 Å². The minimum Gasteiger partial charge on any atom is -0.341 e. The van der Waals surface area contributed by atoms with Crippen molar-refractivity contribution in [3.05, 3.63) is 34.3 Å². The van der Waals surface area contributed by atoms with Gasteiger partial charge >= 0.3 is 0 Å². The maximum absolute atomic E-state index is 12.8. The molecule has 0 aromatic carbocycles. The molecule has 1 N–H and O–H groups in total. The largest absolute Gasteiger partial charge is 0.341 e. The third kappa shape index (κ3) is 2.92. The Labute approximate surface area is 157 Å². The Bertz CT molecular complexity index is 826. The van der Waals surface area contributed by atoms with E-state index in [9.17, 15) is 10.1 Å². The number of carbonyl (C=O) groups excluding carboxylic acids is 1. The minimum atomic E-state index is -0.580. The molecule has 0 unspecified atom stereocenters. The van der Waals surface area contributed by atoms with Crippen LogP contribution < -0.4 is 5.32 Å². The normalized spacial score (nSPS) is 21.5. The number of nitriles is 1. The van der Waals surface area contributed by atoms with Crippen LogP contribution in [-0.2, 0) is 11.1 Å². The molecule has 1 atom stereocenters. The van der Waals surface area contributed by atoms with Crippen LogP contribution in [0.5, 0.6) is 0 Å². The van der Waals surface area contributed by atoms with Crippen LogP contribution in [0.25, 0.3) is 0 Å². The third-order valence-electron chi connectivity index (χ3n) is 5.97. The molecule has 26 heavy (non-hydrogen) atoms. The van der Waals surface area contributed by atoms with Crippen molar-refractivity contribution in [3.63, 3.8) is 0 Å². The Kier molecular flexibility index (Phi) is 4.31. The van der Waals surface area contributed by atoms with Crippen molar-refractivity contribution >= 4 is 17.2 Å².